The van der Waals surface area contributed by atoms with Gasteiger partial charge in [-0.1, -0.05) is 26.8 Å². The van der Waals surface area contributed by atoms with Gasteiger partial charge in [0.25, 0.3) is 0 Å². The molecule has 1 heterocycles. The molecule has 1 aromatic carbocycles. The van der Waals surface area contributed by atoms with Gasteiger partial charge < -0.3 is 9.72 Å². The maximum Gasteiger partial charge on any atom is 0.129 e. The molecule has 4 heteroatoms. The van der Waals surface area contributed by atoms with E-state index in [9.17, 15) is 5.26 Å². The minimum Gasteiger partial charge on any atom is -0.496 e. The Labute approximate surface area is 119 Å². The third-order valence-corrected chi connectivity index (χ3v) is 3.29. The lowest BCUT2D eigenvalue weighted by Gasteiger charge is -2.23. The number of hydrogen-bond donors (Lipinski definition) is 1. The molecule has 20 heavy (non-hydrogen) atoms. The highest BCUT2D eigenvalue weighted by Crippen LogP contribution is 2.34. The summed E-state index contributed by atoms with van der Waals surface area (Å²) in [4.78, 5) is 7.20. The largest absolute Gasteiger partial charge is 0.496 e. The van der Waals surface area contributed by atoms with E-state index in [2.05, 4.69) is 36.8 Å². The van der Waals surface area contributed by atoms with Crippen molar-refractivity contribution in [2.75, 3.05) is 7.11 Å². The molecule has 1 atom stereocenters. The third-order valence-electron chi connectivity index (χ3n) is 3.29. The minimum atomic E-state index is -0.392. The van der Waals surface area contributed by atoms with Gasteiger partial charge in [-0.05, 0) is 28.7 Å². The van der Waals surface area contributed by atoms with Crippen molar-refractivity contribution in [2.24, 2.45) is 0 Å². The van der Waals surface area contributed by atoms with Crippen molar-refractivity contribution in [3.8, 4) is 11.8 Å². The van der Waals surface area contributed by atoms with Gasteiger partial charge in [-0.15, -0.1) is 0 Å². The molecule has 0 aliphatic carbocycles. The van der Waals surface area contributed by atoms with Gasteiger partial charge in [0.1, 0.15) is 17.5 Å². The van der Waals surface area contributed by atoms with Crippen molar-refractivity contribution in [3.63, 3.8) is 0 Å². The molecule has 2 rings (SSSR count). The first-order valence-electron chi connectivity index (χ1n) is 6.54. The number of H-pyrrole nitrogens is 1. The van der Waals surface area contributed by atoms with Crippen LogP contribution in [-0.2, 0) is 5.41 Å². The second-order valence-electron chi connectivity index (χ2n) is 5.75. The summed E-state index contributed by atoms with van der Waals surface area (Å²) < 4.78 is 5.42. The number of imidazole rings is 1. The number of benzene rings is 1. The summed E-state index contributed by atoms with van der Waals surface area (Å²) in [5.41, 5.74) is 1.96. The fourth-order valence-electron chi connectivity index (χ4n) is 2.22. The molecule has 0 fully saturated rings. The van der Waals surface area contributed by atoms with E-state index in [0.717, 1.165) is 16.9 Å². The Bertz CT molecular complexity index is 618. The number of aromatic nitrogens is 2. The van der Waals surface area contributed by atoms with Crippen molar-refractivity contribution in [3.05, 3.63) is 47.5 Å². The van der Waals surface area contributed by atoms with Crippen LogP contribution in [0.1, 0.15) is 43.6 Å². The Balaban J connectivity index is 2.51. The van der Waals surface area contributed by atoms with Gasteiger partial charge in [0.15, 0.2) is 0 Å². The van der Waals surface area contributed by atoms with E-state index in [0.29, 0.717) is 5.82 Å². The maximum absolute atomic E-state index is 9.43. The number of aromatic amines is 1. The van der Waals surface area contributed by atoms with E-state index in [1.165, 1.54) is 0 Å². The number of hydrogen-bond acceptors (Lipinski definition) is 3. The monoisotopic (exact) mass is 269 g/mol. The van der Waals surface area contributed by atoms with Crippen LogP contribution in [-0.4, -0.2) is 17.1 Å². The molecule has 0 saturated carbocycles. The highest BCUT2D eigenvalue weighted by atomic mass is 16.5. The SMILES string of the molecule is COc1ccc(C(C#N)c2ncc[nH]2)cc1C(C)(C)C. The van der Waals surface area contributed by atoms with Crippen molar-refractivity contribution in [1.82, 2.24) is 9.97 Å². The molecule has 104 valence electrons. The summed E-state index contributed by atoms with van der Waals surface area (Å²) in [6.07, 6.45) is 3.39. The average molecular weight is 269 g/mol. The molecule has 0 spiro atoms. The molecule has 0 amide bonds. The number of ether oxygens (including phenoxy) is 1. The maximum atomic E-state index is 9.43. The first-order chi connectivity index (χ1) is 9.47. The normalized spacial score (nSPS) is 12.8. The van der Waals surface area contributed by atoms with Gasteiger partial charge in [-0.25, -0.2) is 4.98 Å². The summed E-state index contributed by atoms with van der Waals surface area (Å²) >= 11 is 0. The van der Waals surface area contributed by atoms with E-state index < -0.39 is 5.92 Å². The molecule has 0 radical (unpaired) electrons. The Morgan fingerprint density at radius 2 is 2.10 bits per heavy atom. The Morgan fingerprint density at radius 1 is 1.35 bits per heavy atom. The van der Waals surface area contributed by atoms with Crippen LogP contribution < -0.4 is 4.74 Å². The summed E-state index contributed by atoms with van der Waals surface area (Å²) in [6.45, 7) is 6.38. The van der Waals surface area contributed by atoms with Crippen molar-refractivity contribution in [1.29, 1.82) is 5.26 Å². The van der Waals surface area contributed by atoms with Crippen molar-refractivity contribution < 1.29 is 4.74 Å². The average Bonchev–Trinajstić information content (AvgIpc) is 2.92. The lowest BCUT2D eigenvalue weighted by molar-refractivity contribution is 0.397. The molecule has 1 unspecified atom stereocenters. The molecule has 0 bridgehead atoms. The molecule has 0 aliphatic heterocycles. The summed E-state index contributed by atoms with van der Waals surface area (Å²) in [5.74, 6) is 1.12. The predicted molar refractivity (Wildman–Crippen MR) is 77.7 cm³/mol. The number of nitrogens with one attached hydrogen (secondary N) is 1. The highest BCUT2D eigenvalue weighted by Gasteiger charge is 2.23. The lowest BCUT2D eigenvalue weighted by Crippen LogP contribution is -2.14. The lowest BCUT2D eigenvalue weighted by atomic mass is 9.83. The molecule has 1 aromatic heterocycles. The smallest absolute Gasteiger partial charge is 0.129 e. The summed E-state index contributed by atoms with van der Waals surface area (Å²) in [7, 11) is 1.67. The van der Waals surface area contributed by atoms with Gasteiger partial charge in [0.2, 0.25) is 0 Å². The topological polar surface area (TPSA) is 61.7 Å². The first kappa shape index (κ1) is 14.1. The van der Waals surface area contributed by atoms with Gasteiger partial charge in [0.05, 0.1) is 13.2 Å². The second kappa shape index (κ2) is 5.38. The molecule has 2 aromatic rings. The second-order valence-corrected chi connectivity index (χ2v) is 5.75. The molecule has 0 saturated heterocycles. The van der Waals surface area contributed by atoms with Gasteiger partial charge in [-0.3, -0.25) is 0 Å². The van der Waals surface area contributed by atoms with E-state index in [1.807, 2.05) is 18.2 Å². The van der Waals surface area contributed by atoms with E-state index >= 15 is 0 Å². The zero-order chi connectivity index (χ0) is 14.8. The van der Waals surface area contributed by atoms with E-state index in [4.69, 9.17) is 4.74 Å². The van der Waals surface area contributed by atoms with Gasteiger partial charge in [-0.2, -0.15) is 5.26 Å². The quantitative estimate of drug-likeness (QED) is 0.929. The van der Waals surface area contributed by atoms with Gasteiger partial charge >= 0.3 is 0 Å². The van der Waals surface area contributed by atoms with Crippen LogP contribution in [0.2, 0.25) is 0 Å². The van der Waals surface area contributed by atoms with Crippen LogP contribution in [0, 0.1) is 11.3 Å². The van der Waals surface area contributed by atoms with Crippen molar-refractivity contribution in [2.45, 2.75) is 32.1 Å². The third kappa shape index (κ3) is 2.67. The van der Waals surface area contributed by atoms with Crippen LogP contribution >= 0.6 is 0 Å². The fourth-order valence-corrected chi connectivity index (χ4v) is 2.22. The van der Waals surface area contributed by atoms with E-state index in [1.54, 1.807) is 19.5 Å². The summed E-state index contributed by atoms with van der Waals surface area (Å²) in [5, 5.41) is 9.43. The van der Waals surface area contributed by atoms with E-state index in [-0.39, 0.29) is 5.41 Å². The van der Waals surface area contributed by atoms with Crippen LogP contribution in [0.5, 0.6) is 5.75 Å². The number of methoxy groups -OCH3 is 1. The van der Waals surface area contributed by atoms with Crippen LogP contribution in [0.25, 0.3) is 0 Å². The number of rotatable bonds is 3. The Hall–Kier alpha value is -2.28. The van der Waals surface area contributed by atoms with Crippen LogP contribution in [0.3, 0.4) is 0 Å². The molecule has 1 N–H and O–H groups in total. The van der Waals surface area contributed by atoms with Crippen LogP contribution in [0.4, 0.5) is 0 Å². The van der Waals surface area contributed by atoms with Crippen LogP contribution in [0.15, 0.2) is 30.6 Å². The number of nitriles is 1. The standard InChI is InChI=1S/C16H19N3O/c1-16(2,3)13-9-11(5-6-14(13)20-4)12(10-17)15-18-7-8-19-15/h5-9,12H,1-4H3,(H,18,19). The highest BCUT2D eigenvalue weighted by molar-refractivity contribution is 5.45. The molecular formula is C16H19N3O. The Kier molecular flexibility index (Phi) is 3.80. The van der Waals surface area contributed by atoms with Crippen molar-refractivity contribution >= 4 is 0 Å². The molecule has 0 aliphatic rings. The molecule has 4 nitrogen and oxygen atoms in total. The first-order valence-corrected chi connectivity index (χ1v) is 6.54. The Morgan fingerprint density at radius 3 is 2.60 bits per heavy atom. The summed E-state index contributed by atoms with van der Waals surface area (Å²) in [6, 6.07) is 8.18. The van der Waals surface area contributed by atoms with Gasteiger partial charge in [0, 0.05) is 12.4 Å². The number of nitrogens with zero attached hydrogens (tertiary/aromatic N) is 2. The zero-order valence-electron chi connectivity index (χ0n) is 12.3. The zero-order valence-corrected chi connectivity index (χ0v) is 12.3. The molecular weight excluding hydrogens is 250 g/mol. The fraction of sp³-hybridized carbons (Fsp3) is 0.375. The predicted octanol–water partition coefficient (Wildman–Crippen LogP) is 3.37. The minimum absolute atomic E-state index is 0.0511.